The maximum Gasteiger partial charge on any atom is 0.410 e. The predicted molar refractivity (Wildman–Crippen MR) is 188 cm³/mol. The van der Waals surface area contributed by atoms with Gasteiger partial charge in [-0.25, -0.2) is 9.59 Å². The van der Waals surface area contributed by atoms with Crippen molar-refractivity contribution in [1.82, 2.24) is 15.2 Å². The van der Waals surface area contributed by atoms with Crippen LogP contribution in [0.15, 0.2) is 103 Å². The normalized spacial score (nSPS) is 19.5. The van der Waals surface area contributed by atoms with Crippen molar-refractivity contribution in [1.29, 1.82) is 0 Å². The molecule has 0 saturated carbocycles. The lowest BCUT2D eigenvalue weighted by molar-refractivity contribution is -0.0697. The molecule has 0 bridgehead atoms. The first-order valence-electron chi connectivity index (χ1n) is 16.6. The van der Waals surface area contributed by atoms with Crippen LogP contribution in [-0.4, -0.2) is 56.2 Å². The van der Waals surface area contributed by atoms with E-state index in [1.807, 2.05) is 119 Å². The van der Waals surface area contributed by atoms with Gasteiger partial charge in [-0.2, -0.15) is 0 Å². The molecular weight excluding hydrogens is 602 g/mol. The van der Waals surface area contributed by atoms with Gasteiger partial charge < -0.3 is 19.9 Å². The van der Waals surface area contributed by atoms with E-state index in [1.54, 1.807) is 13.8 Å². The Morgan fingerprint density at radius 3 is 2.02 bits per heavy atom. The number of hydrogen-bond donors (Lipinski definition) is 2. The van der Waals surface area contributed by atoms with Gasteiger partial charge in [0.1, 0.15) is 11.3 Å². The number of carbonyl (C=O) groups excluding carboxylic acids is 1. The summed E-state index contributed by atoms with van der Waals surface area (Å²) in [6, 6.07) is 33.6. The molecule has 1 fully saturated rings. The molecule has 2 heterocycles. The zero-order valence-corrected chi connectivity index (χ0v) is 28.8. The molecule has 252 valence electrons. The van der Waals surface area contributed by atoms with Crippen molar-refractivity contribution in [3.63, 3.8) is 0 Å². The van der Waals surface area contributed by atoms with E-state index in [1.165, 1.54) is 4.90 Å². The van der Waals surface area contributed by atoms with Gasteiger partial charge in [0, 0.05) is 17.3 Å². The Hall–Kier alpha value is -4.69. The molecule has 1 aliphatic rings. The molecule has 0 unspecified atom stereocenters. The van der Waals surface area contributed by atoms with Crippen LogP contribution in [0.4, 0.5) is 9.59 Å². The number of nitrogens with one attached hydrogen (secondary N) is 1. The Balaban J connectivity index is 1.57. The van der Waals surface area contributed by atoms with E-state index in [0.29, 0.717) is 25.7 Å². The zero-order chi connectivity index (χ0) is 34.5. The Morgan fingerprint density at radius 1 is 0.875 bits per heavy atom. The molecule has 48 heavy (non-hydrogen) atoms. The Morgan fingerprint density at radius 2 is 1.46 bits per heavy atom. The number of aryl methyl sites for hydroxylation is 1. The van der Waals surface area contributed by atoms with Crippen LogP contribution in [0.3, 0.4) is 0 Å². The van der Waals surface area contributed by atoms with Crippen LogP contribution in [0.2, 0.25) is 0 Å². The molecule has 8 heteroatoms. The fourth-order valence-electron chi connectivity index (χ4n) is 6.95. The van der Waals surface area contributed by atoms with E-state index < -0.39 is 41.2 Å². The fraction of sp³-hybridized carbons (Fsp3) is 0.375. The largest absolute Gasteiger partial charge is 0.465 e. The van der Waals surface area contributed by atoms with Gasteiger partial charge in [-0.1, -0.05) is 91.0 Å². The van der Waals surface area contributed by atoms with E-state index in [9.17, 15) is 14.7 Å². The van der Waals surface area contributed by atoms with Gasteiger partial charge in [-0.3, -0.25) is 9.88 Å². The fourth-order valence-corrected chi connectivity index (χ4v) is 6.95. The number of benzene rings is 3. The molecule has 2 amide bonds. The molecule has 3 aromatic carbocycles. The van der Waals surface area contributed by atoms with E-state index >= 15 is 0 Å². The highest BCUT2D eigenvalue weighted by Crippen LogP contribution is 2.46. The van der Waals surface area contributed by atoms with Gasteiger partial charge in [0.15, 0.2) is 0 Å². The standard InChI is InChI=1S/C40H47N3O5/c1-28-14-13-19-34(41-28)32-22-20-31(21-23-32)27-40(26-30-17-11-8-12-18-30)35(47-39(5,6)43(40)37(45)46)25-33(24-29-15-9-7-10-16-29)42-36(44)48-38(2,3)4/h7-23,33,35H,24-27H2,1-6H3,(H,42,44)(H,45,46)/t33-,35-,40-/m0/s1. The second kappa shape index (κ2) is 14.2. The number of rotatable bonds is 10. The molecule has 5 rings (SSSR count). The van der Waals surface area contributed by atoms with Crippen molar-refractivity contribution >= 4 is 12.2 Å². The lowest BCUT2D eigenvalue weighted by Crippen LogP contribution is -2.60. The highest BCUT2D eigenvalue weighted by molar-refractivity contribution is 5.69. The summed E-state index contributed by atoms with van der Waals surface area (Å²) in [5, 5.41) is 14.0. The lowest BCUT2D eigenvalue weighted by atomic mass is 9.76. The van der Waals surface area contributed by atoms with Gasteiger partial charge in [-0.15, -0.1) is 0 Å². The summed E-state index contributed by atoms with van der Waals surface area (Å²) in [5.41, 5.74) is 2.99. The van der Waals surface area contributed by atoms with Crippen molar-refractivity contribution in [3.8, 4) is 11.3 Å². The zero-order valence-electron chi connectivity index (χ0n) is 28.8. The van der Waals surface area contributed by atoms with Crippen LogP contribution in [0.1, 0.15) is 63.4 Å². The first-order chi connectivity index (χ1) is 22.7. The van der Waals surface area contributed by atoms with Gasteiger partial charge in [0.25, 0.3) is 0 Å². The third-order valence-electron chi connectivity index (χ3n) is 8.75. The third-order valence-corrected chi connectivity index (χ3v) is 8.75. The van der Waals surface area contributed by atoms with E-state index in [0.717, 1.165) is 33.6 Å². The Labute approximate surface area is 284 Å². The molecule has 0 spiro atoms. The Bertz CT molecular complexity index is 1690. The Kier molecular flexibility index (Phi) is 10.2. The van der Waals surface area contributed by atoms with Gasteiger partial charge in [0.05, 0.1) is 17.3 Å². The quantitative estimate of drug-likeness (QED) is 0.180. The molecule has 1 aliphatic heterocycles. The van der Waals surface area contributed by atoms with Crippen molar-refractivity contribution in [3.05, 3.63) is 126 Å². The minimum Gasteiger partial charge on any atom is -0.465 e. The van der Waals surface area contributed by atoms with Gasteiger partial charge in [-0.05, 0) is 96.0 Å². The van der Waals surface area contributed by atoms with Crippen LogP contribution in [0.5, 0.6) is 0 Å². The van der Waals surface area contributed by atoms with Crippen molar-refractivity contribution in [2.45, 2.75) is 96.2 Å². The number of carboxylic acid groups (broad SMARTS) is 1. The van der Waals surface area contributed by atoms with Crippen LogP contribution in [0.25, 0.3) is 11.3 Å². The second-order valence-electron chi connectivity index (χ2n) is 14.2. The summed E-state index contributed by atoms with van der Waals surface area (Å²) in [7, 11) is 0. The van der Waals surface area contributed by atoms with Crippen LogP contribution < -0.4 is 5.32 Å². The predicted octanol–water partition coefficient (Wildman–Crippen LogP) is 8.22. The van der Waals surface area contributed by atoms with Crippen molar-refractivity contribution < 1.29 is 24.2 Å². The first-order valence-corrected chi connectivity index (χ1v) is 16.6. The summed E-state index contributed by atoms with van der Waals surface area (Å²) in [4.78, 5) is 32.6. The maximum absolute atomic E-state index is 13.3. The number of carbonyl (C=O) groups is 2. The average molecular weight is 650 g/mol. The average Bonchev–Trinajstić information content (AvgIpc) is 3.22. The molecule has 8 nitrogen and oxygen atoms in total. The highest BCUT2D eigenvalue weighted by atomic mass is 16.6. The smallest absolute Gasteiger partial charge is 0.410 e. The minimum absolute atomic E-state index is 0.361. The van der Waals surface area contributed by atoms with Crippen LogP contribution in [-0.2, 0) is 28.7 Å². The highest BCUT2D eigenvalue weighted by Gasteiger charge is 2.60. The lowest BCUT2D eigenvalue weighted by Gasteiger charge is -2.43. The molecule has 1 aromatic heterocycles. The van der Waals surface area contributed by atoms with Gasteiger partial charge >= 0.3 is 12.2 Å². The molecule has 2 N–H and O–H groups in total. The third kappa shape index (κ3) is 8.42. The van der Waals surface area contributed by atoms with E-state index in [-0.39, 0.29) is 0 Å². The molecule has 4 aromatic rings. The number of nitrogens with zero attached hydrogens (tertiary/aromatic N) is 2. The van der Waals surface area contributed by atoms with Gasteiger partial charge in [0.2, 0.25) is 0 Å². The monoisotopic (exact) mass is 649 g/mol. The molecule has 0 radical (unpaired) electrons. The van der Waals surface area contributed by atoms with E-state index in [4.69, 9.17) is 9.47 Å². The number of aromatic nitrogens is 1. The van der Waals surface area contributed by atoms with Crippen molar-refractivity contribution in [2.75, 3.05) is 0 Å². The molecule has 3 atom stereocenters. The number of ether oxygens (including phenoxy) is 2. The van der Waals surface area contributed by atoms with E-state index in [2.05, 4.69) is 22.4 Å². The number of alkyl carbamates (subject to hydrolysis) is 1. The molecular formula is C40H47N3O5. The topological polar surface area (TPSA) is 101 Å². The SMILES string of the molecule is Cc1cccc(-c2ccc(C[C@@]3(Cc4ccccc4)[C@H](C[C@H](Cc4ccccc4)NC(=O)OC(C)(C)C)OC(C)(C)N3C(=O)O)cc2)n1. The number of amides is 2. The summed E-state index contributed by atoms with van der Waals surface area (Å²) in [6.45, 7) is 11.1. The molecule has 0 aliphatic carbocycles. The number of pyridine rings is 1. The molecule has 1 saturated heterocycles. The van der Waals surface area contributed by atoms with Crippen LogP contribution >= 0.6 is 0 Å². The summed E-state index contributed by atoms with van der Waals surface area (Å²) in [6.07, 6.45) is -0.463. The second-order valence-corrected chi connectivity index (χ2v) is 14.2. The summed E-state index contributed by atoms with van der Waals surface area (Å²) in [5.74, 6) is 0. The minimum atomic E-state index is -1.14. The number of hydrogen-bond acceptors (Lipinski definition) is 5. The maximum atomic E-state index is 13.3. The first kappa shape index (κ1) is 34.6. The van der Waals surface area contributed by atoms with Crippen molar-refractivity contribution in [2.24, 2.45) is 0 Å². The summed E-state index contributed by atoms with van der Waals surface area (Å²) < 4.78 is 12.5. The van der Waals surface area contributed by atoms with Crippen LogP contribution in [0, 0.1) is 6.92 Å². The summed E-state index contributed by atoms with van der Waals surface area (Å²) >= 11 is 0.